The molecule has 1 aromatic carbocycles. The summed E-state index contributed by atoms with van der Waals surface area (Å²) < 4.78 is 42.1. The van der Waals surface area contributed by atoms with Crippen molar-refractivity contribution in [3.8, 4) is 17.0 Å². The molecule has 0 radical (unpaired) electrons. The molecule has 0 unspecified atom stereocenters. The highest BCUT2D eigenvalue weighted by Crippen LogP contribution is 2.24. The van der Waals surface area contributed by atoms with Crippen molar-refractivity contribution in [3.05, 3.63) is 66.8 Å². The first kappa shape index (κ1) is 16.9. The van der Waals surface area contributed by atoms with Crippen LogP contribution in [0.1, 0.15) is 11.4 Å². The van der Waals surface area contributed by atoms with Crippen molar-refractivity contribution in [1.82, 2.24) is 29.5 Å². The van der Waals surface area contributed by atoms with Gasteiger partial charge < -0.3 is 4.74 Å². The number of rotatable bonds is 4. The lowest BCUT2D eigenvalue weighted by molar-refractivity contribution is -0.274. The third-order valence-corrected chi connectivity index (χ3v) is 3.65. The summed E-state index contributed by atoms with van der Waals surface area (Å²) in [5, 5.41) is 4.39. The van der Waals surface area contributed by atoms with E-state index in [1.165, 1.54) is 30.6 Å². The molecule has 7 nitrogen and oxygen atoms in total. The highest BCUT2D eigenvalue weighted by atomic mass is 19.4. The lowest BCUT2D eigenvalue weighted by Gasteiger charge is -2.08. The fourth-order valence-electron chi connectivity index (χ4n) is 2.55. The first-order chi connectivity index (χ1) is 13.0. The van der Waals surface area contributed by atoms with Crippen LogP contribution in [-0.2, 0) is 6.42 Å². The number of fused-ring (bicyclic) bond motifs is 1. The zero-order valence-electron chi connectivity index (χ0n) is 13.6. The molecular formula is C17H11F3N6O. The standard InChI is InChI=1S/C17H11F3N6O/c18-17(19,20)27-13-3-1-11(2-4-13)7-14-24-16-15(12-8-21-10-22-9-12)23-5-6-26(16)25-14/h1-6,8-10H,7H2. The number of benzene rings is 1. The van der Waals surface area contributed by atoms with Crippen LogP contribution in [0, 0.1) is 0 Å². The molecule has 0 aliphatic carbocycles. The molecule has 0 aliphatic rings. The maximum absolute atomic E-state index is 12.2. The molecule has 4 rings (SSSR count). The van der Waals surface area contributed by atoms with Crippen LogP contribution >= 0.6 is 0 Å². The predicted molar refractivity (Wildman–Crippen MR) is 87.7 cm³/mol. The van der Waals surface area contributed by atoms with Crippen LogP contribution in [0.2, 0.25) is 0 Å². The molecule has 0 amide bonds. The topological polar surface area (TPSA) is 78.1 Å². The van der Waals surface area contributed by atoms with Gasteiger partial charge in [0.05, 0.1) is 0 Å². The van der Waals surface area contributed by atoms with Crippen molar-refractivity contribution in [2.24, 2.45) is 0 Å². The minimum absolute atomic E-state index is 0.273. The van der Waals surface area contributed by atoms with Crippen LogP contribution in [0.25, 0.3) is 16.9 Å². The van der Waals surface area contributed by atoms with E-state index in [-0.39, 0.29) is 5.75 Å². The molecule has 3 aromatic heterocycles. The second-order valence-corrected chi connectivity index (χ2v) is 5.57. The number of hydrogen-bond acceptors (Lipinski definition) is 6. The van der Waals surface area contributed by atoms with Gasteiger partial charge in [0.25, 0.3) is 0 Å². The van der Waals surface area contributed by atoms with Gasteiger partial charge in [0.15, 0.2) is 11.5 Å². The van der Waals surface area contributed by atoms with Crippen LogP contribution in [0.3, 0.4) is 0 Å². The number of hydrogen-bond donors (Lipinski definition) is 0. The Morgan fingerprint density at radius 1 is 1.04 bits per heavy atom. The first-order valence-electron chi connectivity index (χ1n) is 7.78. The van der Waals surface area contributed by atoms with Crippen LogP contribution in [-0.4, -0.2) is 35.9 Å². The highest BCUT2D eigenvalue weighted by Gasteiger charge is 2.30. The Kier molecular flexibility index (Phi) is 4.15. The first-order valence-corrected chi connectivity index (χ1v) is 7.78. The van der Waals surface area contributed by atoms with Gasteiger partial charge in [0, 0.05) is 36.8 Å². The van der Waals surface area contributed by atoms with Gasteiger partial charge in [0.1, 0.15) is 17.8 Å². The van der Waals surface area contributed by atoms with Crippen molar-refractivity contribution in [2.75, 3.05) is 0 Å². The van der Waals surface area contributed by atoms with Gasteiger partial charge >= 0.3 is 6.36 Å². The maximum Gasteiger partial charge on any atom is 0.573 e. The van der Waals surface area contributed by atoms with Gasteiger partial charge in [-0.25, -0.2) is 19.5 Å². The van der Waals surface area contributed by atoms with Gasteiger partial charge in [-0.2, -0.15) is 5.10 Å². The fourth-order valence-corrected chi connectivity index (χ4v) is 2.55. The van der Waals surface area contributed by atoms with E-state index < -0.39 is 6.36 Å². The van der Waals surface area contributed by atoms with E-state index in [9.17, 15) is 13.2 Å². The van der Waals surface area contributed by atoms with Crippen molar-refractivity contribution in [1.29, 1.82) is 0 Å². The number of alkyl halides is 3. The Balaban J connectivity index is 1.60. The molecule has 136 valence electrons. The Hall–Kier alpha value is -3.56. The Bertz CT molecular complexity index is 1060. The summed E-state index contributed by atoms with van der Waals surface area (Å²) in [4.78, 5) is 16.8. The van der Waals surface area contributed by atoms with Gasteiger partial charge in [0.2, 0.25) is 0 Å². The highest BCUT2D eigenvalue weighted by molar-refractivity contribution is 5.71. The summed E-state index contributed by atoms with van der Waals surface area (Å²) in [5.74, 6) is 0.232. The van der Waals surface area contributed by atoms with Crippen LogP contribution in [0.5, 0.6) is 5.75 Å². The van der Waals surface area contributed by atoms with E-state index in [0.29, 0.717) is 29.1 Å². The summed E-state index contributed by atoms with van der Waals surface area (Å²) in [7, 11) is 0. The number of halogens is 3. The quantitative estimate of drug-likeness (QED) is 0.548. The molecule has 0 atom stereocenters. The molecule has 27 heavy (non-hydrogen) atoms. The second kappa shape index (κ2) is 6.63. The van der Waals surface area contributed by atoms with E-state index in [2.05, 4.69) is 29.8 Å². The lowest BCUT2D eigenvalue weighted by Crippen LogP contribution is -2.17. The predicted octanol–water partition coefficient (Wildman–Crippen LogP) is 3.07. The SMILES string of the molecule is FC(F)(F)Oc1ccc(Cc2nc3c(-c4cncnc4)nccn3n2)cc1. The van der Waals surface area contributed by atoms with Crippen LogP contribution in [0.15, 0.2) is 55.4 Å². The van der Waals surface area contributed by atoms with Crippen molar-refractivity contribution >= 4 is 5.65 Å². The smallest absolute Gasteiger partial charge is 0.406 e. The van der Waals surface area contributed by atoms with Gasteiger partial charge in [-0.3, -0.25) is 4.98 Å². The van der Waals surface area contributed by atoms with Crippen LogP contribution < -0.4 is 4.74 Å². The molecule has 10 heteroatoms. The largest absolute Gasteiger partial charge is 0.573 e. The summed E-state index contributed by atoms with van der Waals surface area (Å²) in [5.41, 5.74) is 2.58. The van der Waals surface area contributed by atoms with E-state index in [4.69, 9.17) is 0 Å². The van der Waals surface area contributed by atoms with Gasteiger partial charge in [-0.1, -0.05) is 12.1 Å². The minimum Gasteiger partial charge on any atom is -0.406 e. The van der Waals surface area contributed by atoms with Gasteiger partial charge in [-0.05, 0) is 17.7 Å². The average molecular weight is 372 g/mol. The summed E-state index contributed by atoms with van der Waals surface area (Å²) in [6.07, 6.45) is 3.57. The third kappa shape index (κ3) is 3.84. The van der Waals surface area contributed by atoms with E-state index in [1.807, 2.05) is 0 Å². The minimum atomic E-state index is -4.71. The summed E-state index contributed by atoms with van der Waals surface area (Å²) >= 11 is 0. The monoisotopic (exact) mass is 372 g/mol. The van der Waals surface area contributed by atoms with Gasteiger partial charge in [-0.15, -0.1) is 13.2 Å². The molecule has 0 N–H and O–H groups in total. The Morgan fingerprint density at radius 3 is 2.48 bits per heavy atom. The molecule has 0 saturated heterocycles. The normalized spacial score (nSPS) is 11.7. The molecule has 0 fully saturated rings. The number of ether oxygens (including phenoxy) is 1. The van der Waals surface area contributed by atoms with E-state index >= 15 is 0 Å². The summed E-state index contributed by atoms with van der Waals surface area (Å²) in [6, 6.07) is 5.59. The number of aromatic nitrogens is 6. The zero-order valence-corrected chi connectivity index (χ0v) is 13.6. The average Bonchev–Trinajstić information content (AvgIpc) is 3.05. The Morgan fingerprint density at radius 2 is 1.78 bits per heavy atom. The molecule has 0 saturated carbocycles. The van der Waals surface area contributed by atoms with Crippen molar-refractivity contribution in [2.45, 2.75) is 12.8 Å². The second-order valence-electron chi connectivity index (χ2n) is 5.57. The van der Waals surface area contributed by atoms with E-state index in [1.54, 1.807) is 29.3 Å². The van der Waals surface area contributed by atoms with Crippen LogP contribution in [0.4, 0.5) is 13.2 Å². The maximum atomic E-state index is 12.2. The lowest BCUT2D eigenvalue weighted by atomic mass is 10.1. The molecule has 0 spiro atoms. The summed E-state index contributed by atoms with van der Waals surface area (Å²) in [6.45, 7) is 0. The zero-order chi connectivity index (χ0) is 18.9. The van der Waals surface area contributed by atoms with Crippen molar-refractivity contribution in [3.63, 3.8) is 0 Å². The number of nitrogens with zero attached hydrogens (tertiary/aromatic N) is 6. The molecule has 0 aliphatic heterocycles. The fraction of sp³-hybridized carbons (Fsp3) is 0.118. The van der Waals surface area contributed by atoms with Crippen molar-refractivity contribution < 1.29 is 17.9 Å². The Labute approximate surface area is 150 Å². The molecular weight excluding hydrogens is 361 g/mol. The molecule has 3 heterocycles. The molecule has 0 bridgehead atoms. The van der Waals surface area contributed by atoms with E-state index in [0.717, 1.165) is 5.56 Å². The molecule has 4 aromatic rings. The third-order valence-electron chi connectivity index (χ3n) is 3.65.